The minimum atomic E-state index is -1.52. The molecule has 0 spiro atoms. The Morgan fingerprint density at radius 2 is 2.00 bits per heavy atom. The highest BCUT2D eigenvalue weighted by molar-refractivity contribution is 6.68. The highest BCUT2D eigenvalue weighted by atomic mass is 35.6. The van der Waals surface area contributed by atoms with E-state index in [4.69, 9.17) is 34.8 Å². The quantitative estimate of drug-likeness (QED) is 0.403. The number of carbonyl (C=O) groups is 1. The average molecular weight is 205 g/mol. The second-order valence-electron chi connectivity index (χ2n) is 1.55. The van der Waals surface area contributed by atoms with Gasteiger partial charge in [0.05, 0.1) is 0 Å². The lowest BCUT2D eigenvalue weighted by atomic mass is 10.5. The molecule has 10 heavy (non-hydrogen) atoms. The van der Waals surface area contributed by atoms with Gasteiger partial charge in [0.25, 0.3) is 0 Å². The van der Waals surface area contributed by atoms with Gasteiger partial charge in [0.2, 0.25) is 10.2 Å². The van der Waals surface area contributed by atoms with Crippen LogP contribution in [0.5, 0.6) is 0 Å². The summed E-state index contributed by atoms with van der Waals surface area (Å²) in [5, 5.41) is 4.89. The van der Waals surface area contributed by atoms with Gasteiger partial charge in [-0.05, 0) is 7.05 Å². The Morgan fingerprint density at radius 1 is 1.50 bits per heavy atom. The van der Waals surface area contributed by atoms with Crippen LogP contribution in [-0.2, 0) is 4.79 Å². The van der Waals surface area contributed by atoms with Crippen LogP contribution in [0.4, 0.5) is 0 Å². The zero-order valence-corrected chi connectivity index (χ0v) is 7.46. The number of nitrogens with one attached hydrogen (secondary N) is 2. The molecule has 60 valence electrons. The maximum absolute atomic E-state index is 9.89. The molecule has 1 unspecified atom stereocenters. The normalized spacial score (nSPS) is 14.4. The van der Waals surface area contributed by atoms with Crippen molar-refractivity contribution in [2.24, 2.45) is 0 Å². The highest BCUT2D eigenvalue weighted by Gasteiger charge is 2.30. The molecular formula is C4H7Cl3N2O. The van der Waals surface area contributed by atoms with E-state index >= 15 is 0 Å². The van der Waals surface area contributed by atoms with Gasteiger partial charge >= 0.3 is 0 Å². The van der Waals surface area contributed by atoms with Crippen molar-refractivity contribution < 1.29 is 4.79 Å². The van der Waals surface area contributed by atoms with E-state index in [1.807, 2.05) is 0 Å². The van der Waals surface area contributed by atoms with Crippen LogP contribution >= 0.6 is 34.8 Å². The Morgan fingerprint density at radius 3 is 2.10 bits per heavy atom. The molecule has 0 saturated heterocycles. The number of halogens is 3. The third kappa shape index (κ3) is 3.46. The Hall–Kier alpha value is 0.300. The molecule has 1 amide bonds. The van der Waals surface area contributed by atoms with E-state index in [2.05, 4.69) is 10.6 Å². The van der Waals surface area contributed by atoms with Crippen molar-refractivity contribution in [3.05, 3.63) is 0 Å². The van der Waals surface area contributed by atoms with Crippen molar-refractivity contribution in [3.8, 4) is 0 Å². The van der Waals surface area contributed by atoms with Crippen molar-refractivity contribution in [1.82, 2.24) is 10.6 Å². The molecule has 1 atom stereocenters. The predicted molar refractivity (Wildman–Crippen MR) is 42.3 cm³/mol. The smallest absolute Gasteiger partial charge is 0.223 e. The van der Waals surface area contributed by atoms with E-state index in [1.165, 1.54) is 0 Å². The Labute approximate surface area is 74.0 Å². The van der Waals surface area contributed by atoms with Crippen molar-refractivity contribution in [2.75, 3.05) is 7.05 Å². The van der Waals surface area contributed by atoms with E-state index in [-0.39, 0.29) is 0 Å². The molecule has 0 heterocycles. The van der Waals surface area contributed by atoms with Crippen molar-refractivity contribution in [2.45, 2.75) is 9.96 Å². The summed E-state index contributed by atoms with van der Waals surface area (Å²) in [7, 11) is 1.57. The first kappa shape index (κ1) is 10.3. The minimum absolute atomic E-state index is 0.461. The van der Waals surface area contributed by atoms with E-state index < -0.39 is 9.96 Å². The molecule has 0 rings (SSSR count). The van der Waals surface area contributed by atoms with E-state index in [1.54, 1.807) is 7.05 Å². The lowest BCUT2D eigenvalue weighted by Gasteiger charge is -2.22. The Kier molecular flexibility index (Phi) is 4.36. The maximum Gasteiger partial charge on any atom is 0.223 e. The van der Waals surface area contributed by atoms with Gasteiger partial charge in [-0.1, -0.05) is 34.8 Å². The molecule has 0 bridgehead atoms. The van der Waals surface area contributed by atoms with Gasteiger partial charge < -0.3 is 5.32 Å². The fourth-order valence-corrected chi connectivity index (χ4v) is 0.926. The lowest BCUT2D eigenvalue weighted by Crippen LogP contribution is -2.48. The molecule has 0 saturated carbocycles. The summed E-state index contributed by atoms with van der Waals surface area (Å²) in [6.07, 6.45) is -0.196. The zero-order valence-electron chi connectivity index (χ0n) is 5.20. The fraction of sp³-hybridized carbons (Fsp3) is 0.750. The van der Waals surface area contributed by atoms with Crippen LogP contribution in [0.25, 0.3) is 0 Å². The Balaban J connectivity index is 3.92. The van der Waals surface area contributed by atoms with Crippen molar-refractivity contribution in [1.29, 1.82) is 0 Å². The molecule has 6 heteroatoms. The summed E-state index contributed by atoms with van der Waals surface area (Å²) < 4.78 is -1.52. The largest absolute Gasteiger partial charge is 0.339 e. The lowest BCUT2D eigenvalue weighted by molar-refractivity contribution is -0.110. The predicted octanol–water partition coefficient (Wildman–Crippen LogP) is 0.648. The first-order valence-corrected chi connectivity index (χ1v) is 3.59. The number of hydrogen-bond donors (Lipinski definition) is 2. The second-order valence-corrected chi connectivity index (χ2v) is 3.92. The van der Waals surface area contributed by atoms with Gasteiger partial charge in [0.15, 0.2) is 0 Å². The molecule has 0 fully saturated rings. The number of hydrogen-bond acceptors (Lipinski definition) is 2. The molecule has 3 nitrogen and oxygen atoms in total. The van der Waals surface area contributed by atoms with Gasteiger partial charge in [-0.25, -0.2) is 0 Å². The van der Waals surface area contributed by atoms with Crippen LogP contribution in [0.1, 0.15) is 0 Å². The summed E-state index contributed by atoms with van der Waals surface area (Å²) in [5.74, 6) is 0. The standard InChI is InChI=1S/C4H7Cl3N2O/c1-8-3(9-2-10)4(5,6)7/h2-3,8H,1H3,(H,9,10). The van der Waals surface area contributed by atoms with E-state index in [0.717, 1.165) is 0 Å². The zero-order chi connectivity index (χ0) is 8.20. The summed E-state index contributed by atoms with van der Waals surface area (Å²) >= 11 is 16.3. The number of amides is 1. The van der Waals surface area contributed by atoms with Gasteiger partial charge in [-0.15, -0.1) is 0 Å². The molecule has 0 aromatic rings. The van der Waals surface area contributed by atoms with Crippen LogP contribution < -0.4 is 10.6 Å². The molecule has 2 N–H and O–H groups in total. The van der Waals surface area contributed by atoms with Crippen LogP contribution in [0.15, 0.2) is 0 Å². The van der Waals surface area contributed by atoms with Crippen LogP contribution in [0.3, 0.4) is 0 Å². The first-order chi connectivity index (χ1) is 4.52. The van der Waals surface area contributed by atoms with Crippen LogP contribution in [0.2, 0.25) is 0 Å². The topological polar surface area (TPSA) is 41.1 Å². The summed E-state index contributed by atoms with van der Waals surface area (Å²) in [6.45, 7) is 0. The first-order valence-electron chi connectivity index (χ1n) is 2.46. The fourth-order valence-electron chi connectivity index (χ4n) is 0.410. The third-order valence-electron chi connectivity index (χ3n) is 0.851. The van der Waals surface area contributed by atoms with Crippen molar-refractivity contribution in [3.63, 3.8) is 0 Å². The van der Waals surface area contributed by atoms with Gasteiger partial charge in [-0.2, -0.15) is 0 Å². The third-order valence-corrected chi connectivity index (χ3v) is 1.51. The number of alkyl halides is 3. The molecular weight excluding hydrogens is 198 g/mol. The molecule has 0 aliphatic rings. The maximum atomic E-state index is 9.89. The summed E-state index contributed by atoms with van der Waals surface area (Å²) in [4.78, 5) is 9.89. The van der Waals surface area contributed by atoms with Crippen molar-refractivity contribution >= 4 is 41.2 Å². The number of rotatable bonds is 3. The van der Waals surface area contributed by atoms with Crippen LogP contribution in [-0.4, -0.2) is 23.4 Å². The molecule has 0 radical (unpaired) electrons. The molecule has 0 aromatic heterocycles. The average Bonchev–Trinajstić information content (AvgIpc) is 1.80. The van der Waals surface area contributed by atoms with E-state index in [9.17, 15) is 4.79 Å². The second kappa shape index (κ2) is 4.23. The Bertz CT molecular complexity index is 114. The minimum Gasteiger partial charge on any atom is -0.339 e. The molecule has 0 aromatic carbocycles. The molecule has 0 aliphatic heterocycles. The summed E-state index contributed by atoms with van der Waals surface area (Å²) in [6, 6.07) is 0. The summed E-state index contributed by atoms with van der Waals surface area (Å²) in [5.41, 5.74) is 0. The SMILES string of the molecule is CNC(NC=O)C(Cl)(Cl)Cl. The van der Waals surface area contributed by atoms with Crippen LogP contribution in [0, 0.1) is 0 Å². The van der Waals surface area contributed by atoms with Gasteiger partial charge in [0.1, 0.15) is 6.17 Å². The van der Waals surface area contributed by atoms with E-state index in [0.29, 0.717) is 6.41 Å². The van der Waals surface area contributed by atoms with Gasteiger partial charge in [-0.3, -0.25) is 10.1 Å². The highest BCUT2D eigenvalue weighted by Crippen LogP contribution is 2.28. The monoisotopic (exact) mass is 204 g/mol. The number of carbonyl (C=O) groups excluding carboxylic acids is 1. The van der Waals surface area contributed by atoms with Gasteiger partial charge in [0, 0.05) is 0 Å². The molecule has 0 aliphatic carbocycles.